The number of halogens is 2. The van der Waals surface area contributed by atoms with Crippen molar-refractivity contribution in [1.29, 1.82) is 0 Å². The standard InChI is InChI=1S/C22H27Cl2N3O4S/c1-4-20(22(29)25-5-2)27(14-16-6-8-17(23)9-7-16)21(28)15-26(3)32(30,31)19-12-10-18(24)11-13-19/h6-13,20H,4-5,14-15H2,1-3H3,(H,25,29). The number of carbonyl (C=O) groups is 2. The van der Waals surface area contributed by atoms with Crippen LogP contribution in [-0.2, 0) is 26.2 Å². The van der Waals surface area contributed by atoms with Gasteiger partial charge in [0.2, 0.25) is 21.8 Å². The zero-order valence-corrected chi connectivity index (χ0v) is 20.5. The molecule has 10 heteroatoms. The SMILES string of the molecule is CCNC(=O)C(CC)N(Cc1ccc(Cl)cc1)C(=O)CN(C)S(=O)(=O)c1ccc(Cl)cc1. The number of carbonyl (C=O) groups excluding carboxylic acids is 2. The van der Waals surface area contributed by atoms with Gasteiger partial charge in [-0.3, -0.25) is 9.59 Å². The molecule has 2 aromatic rings. The van der Waals surface area contributed by atoms with Crippen LogP contribution in [0.5, 0.6) is 0 Å². The molecule has 0 fully saturated rings. The second-order valence-electron chi connectivity index (χ2n) is 7.18. The van der Waals surface area contributed by atoms with Crippen LogP contribution >= 0.6 is 23.2 Å². The molecule has 0 saturated heterocycles. The first kappa shape index (κ1) is 26.1. The van der Waals surface area contributed by atoms with Crippen molar-refractivity contribution in [2.24, 2.45) is 0 Å². The zero-order chi connectivity index (χ0) is 23.9. The fourth-order valence-electron chi connectivity index (χ4n) is 3.15. The predicted molar refractivity (Wildman–Crippen MR) is 126 cm³/mol. The summed E-state index contributed by atoms with van der Waals surface area (Å²) in [6, 6.07) is 11.9. The molecule has 1 N–H and O–H groups in total. The van der Waals surface area contributed by atoms with Crippen molar-refractivity contribution in [3.63, 3.8) is 0 Å². The van der Waals surface area contributed by atoms with Crippen molar-refractivity contribution < 1.29 is 18.0 Å². The van der Waals surface area contributed by atoms with Gasteiger partial charge in [-0.1, -0.05) is 42.3 Å². The quantitative estimate of drug-likeness (QED) is 0.541. The molecule has 7 nitrogen and oxygen atoms in total. The fraction of sp³-hybridized carbons (Fsp3) is 0.364. The van der Waals surface area contributed by atoms with E-state index in [9.17, 15) is 18.0 Å². The van der Waals surface area contributed by atoms with E-state index in [1.807, 2.05) is 0 Å². The first-order valence-electron chi connectivity index (χ1n) is 10.1. The summed E-state index contributed by atoms with van der Waals surface area (Å²) < 4.78 is 26.8. The van der Waals surface area contributed by atoms with Crippen LogP contribution < -0.4 is 5.32 Å². The normalized spacial score (nSPS) is 12.4. The molecule has 1 unspecified atom stereocenters. The van der Waals surface area contributed by atoms with Gasteiger partial charge in [-0.25, -0.2) is 8.42 Å². The first-order valence-corrected chi connectivity index (χ1v) is 12.3. The van der Waals surface area contributed by atoms with Crippen molar-refractivity contribution in [2.45, 2.75) is 37.8 Å². The molecule has 0 radical (unpaired) electrons. The Hall–Kier alpha value is -2.13. The number of amides is 2. The van der Waals surface area contributed by atoms with E-state index in [0.29, 0.717) is 23.0 Å². The van der Waals surface area contributed by atoms with E-state index >= 15 is 0 Å². The van der Waals surface area contributed by atoms with E-state index in [1.54, 1.807) is 38.1 Å². The highest BCUT2D eigenvalue weighted by molar-refractivity contribution is 7.89. The maximum absolute atomic E-state index is 13.3. The van der Waals surface area contributed by atoms with Crippen LogP contribution in [0.2, 0.25) is 10.0 Å². The highest BCUT2D eigenvalue weighted by Gasteiger charge is 2.31. The second-order valence-corrected chi connectivity index (χ2v) is 10.1. The summed E-state index contributed by atoms with van der Waals surface area (Å²) in [4.78, 5) is 27.3. The molecule has 0 heterocycles. The minimum absolute atomic E-state index is 0.0252. The van der Waals surface area contributed by atoms with Crippen LogP contribution in [0.1, 0.15) is 25.8 Å². The molecule has 32 heavy (non-hydrogen) atoms. The summed E-state index contributed by atoms with van der Waals surface area (Å²) >= 11 is 11.8. The summed E-state index contributed by atoms with van der Waals surface area (Å²) in [5, 5.41) is 3.70. The Bertz CT molecular complexity index is 1030. The molecule has 2 aromatic carbocycles. The first-order chi connectivity index (χ1) is 15.1. The van der Waals surface area contributed by atoms with Gasteiger partial charge in [0.25, 0.3) is 0 Å². The van der Waals surface area contributed by atoms with Gasteiger partial charge >= 0.3 is 0 Å². The van der Waals surface area contributed by atoms with Crippen molar-refractivity contribution in [3.05, 3.63) is 64.1 Å². The lowest BCUT2D eigenvalue weighted by atomic mass is 10.1. The molecule has 0 saturated carbocycles. The lowest BCUT2D eigenvalue weighted by Gasteiger charge is -2.31. The van der Waals surface area contributed by atoms with Crippen LogP contribution in [0, 0.1) is 0 Å². The topological polar surface area (TPSA) is 86.8 Å². The number of sulfonamides is 1. The number of hydrogen-bond donors (Lipinski definition) is 1. The Balaban J connectivity index is 2.30. The molecule has 0 aliphatic heterocycles. The van der Waals surface area contributed by atoms with Gasteiger partial charge in [0.15, 0.2) is 0 Å². The average Bonchev–Trinajstić information content (AvgIpc) is 2.75. The molecular formula is C22H27Cl2N3O4S. The summed E-state index contributed by atoms with van der Waals surface area (Å²) in [6.45, 7) is 3.73. The highest BCUT2D eigenvalue weighted by atomic mass is 35.5. The lowest BCUT2D eigenvalue weighted by Crippen LogP contribution is -2.51. The van der Waals surface area contributed by atoms with Gasteiger partial charge in [-0.15, -0.1) is 0 Å². The lowest BCUT2D eigenvalue weighted by molar-refractivity contribution is -0.141. The van der Waals surface area contributed by atoms with Gasteiger partial charge < -0.3 is 10.2 Å². The van der Waals surface area contributed by atoms with Crippen molar-refractivity contribution in [2.75, 3.05) is 20.1 Å². The fourth-order valence-corrected chi connectivity index (χ4v) is 4.52. The Kier molecular flexibility index (Phi) is 9.51. The number of nitrogens with zero attached hydrogens (tertiary/aromatic N) is 2. The largest absolute Gasteiger partial charge is 0.355 e. The Labute approximate surface area is 199 Å². The Morgan fingerprint density at radius 2 is 1.50 bits per heavy atom. The van der Waals surface area contributed by atoms with E-state index in [0.717, 1.165) is 9.87 Å². The van der Waals surface area contributed by atoms with Gasteiger partial charge in [0.1, 0.15) is 6.04 Å². The van der Waals surface area contributed by atoms with E-state index < -0.39 is 28.5 Å². The number of rotatable bonds is 10. The molecule has 0 aliphatic rings. The number of hydrogen-bond acceptors (Lipinski definition) is 4. The third-order valence-corrected chi connectivity index (χ3v) is 7.20. The second kappa shape index (κ2) is 11.7. The van der Waals surface area contributed by atoms with E-state index in [4.69, 9.17) is 23.2 Å². The zero-order valence-electron chi connectivity index (χ0n) is 18.2. The summed E-state index contributed by atoms with van der Waals surface area (Å²) in [7, 11) is -2.59. The molecule has 0 spiro atoms. The summed E-state index contributed by atoms with van der Waals surface area (Å²) in [6.07, 6.45) is 0.374. The van der Waals surface area contributed by atoms with E-state index in [1.165, 1.54) is 36.2 Å². The van der Waals surface area contributed by atoms with Crippen LogP contribution in [0.3, 0.4) is 0 Å². The van der Waals surface area contributed by atoms with E-state index in [-0.39, 0.29) is 17.3 Å². The van der Waals surface area contributed by atoms with Crippen LogP contribution in [0.4, 0.5) is 0 Å². The maximum Gasteiger partial charge on any atom is 0.243 e. The molecule has 2 amide bonds. The molecule has 1 atom stereocenters. The minimum Gasteiger partial charge on any atom is -0.355 e. The van der Waals surface area contributed by atoms with Crippen LogP contribution in [0.15, 0.2) is 53.4 Å². The number of benzene rings is 2. The van der Waals surface area contributed by atoms with Crippen LogP contribution in [-0.4, -0.2) is 55.6 Å². The van der Waals surface area contributed by atoms with Crippen molar-refractivity contribution in [3.8, 4) is 0 Å². The van der Waals surface area contributed by atoms with Gasteiger partial charge in [-0.2, -0.15) is 4.31 Å². The summed E-state index contributed by atoms with van der Waals surface area (Å²) in [5.41, 5.74) is 0.772. The van der Waals surface area contributed by atoms with E-state index in [2.05, 4.69) is 5.32 Å². The maximum atomic E-state index is 13.3. The smallest absolute Gasteiger partial charge is 0.243 e. The molecule has 2 rings (SSSR count). The molecule has 0 aromatic heterocycles. The average molecular weight is 500 g/mol. The molecule has 0 aliphatic carbocycles. The van der Waals surface area contributed by atoms with Crippen LogP contribution in [0.25, 0.3) is 0 Å². The predicted octanol–water partition coefficient (Wildman–Crippen LogP) is 3.56. The Morgan fingerprint density at radius 3 is 2.00 bits per heavy atom. The summed E-state index contributed by atoms with van der Waals surface area (Å²) in [5.74, 6) is -0.779. The van der Waals surface area contributed by atoms with Gasteiger partial charge in [0.05, 0.1) is 11.4 Å². The Morgan fingerprint density at radius 1 is 0.969 bits per heavy atom. The van der Waals surface area contributed by atoms with Gasteiger partial charge in [-0.05, 0) is 55.3 Å². The molecular weight excluding hydrogens is 473 g/mol. The van der Waals surface area contributed by atoms with Crippen molar-refractivity contribution in [1.82, 2.24) is 14.5 Å². The van der Waals surface area contributed by atoms with Gasteiger partial charge in [0, 0.05) is 30.2 Å². The molecule has 0 bridgehead atoms. The molecule has 174 valence electrons. The number of nitrogens with one attached hydrogen (secondary N) is 1. The monoisotopic (exact) mass is 499 g/mol. The third-order valence-electron chi connectivity index (χ3n) is 4.88. The number of likely N-dealkylation sites (N-methyl/N-ethyl adjacent to an activating group) is 2. The van der Waals surface area contributed by atoms with Crippen molar-refractivity contribution >= 4 is 45.0 Å². The third kappa shape index (κ3) is 6.68. The minimum atomic E-state index is -3.92. The highest BCUT2D eigenvalue weighted by Crippen LogP contribution is 2.19.